The van der Waals surface area contributed by atoms with Crippen molar-refractivity contribution in [2.24, 2.45) is 0 Å². The second kappa shape index (κ2) is 12.0. The number of carbonyl (C=O) groups excluding carboxylic acids is 1. The number of hydrogen-bond donors (Lipinski definition) is 2. The highest BCUT2D eigenvalue weighted by Crippen LogP contribution is 2.31. The first-order valence-electron chi connectivity index (χ1n) is 11.7. The average molecular weight is 523 g/mol. The van der Waals surface area contributed by atoms with Crippen LogP contribution in [0.3, 0.4) is 0 Å². The lowest BCUT2D eigenvalue weighted by Gasteiger charge is -2.34. The molecule has 1 fully saturated rings. The van der Waals surface area contributed by atoms with E-state index in [1.165, 1.54) is 20.3 Å². The van der Waals surface area contributed by atoms with Crippen LogP contribution in [0, 0.1) is 0 Å². The SMILES string of the molecule is COc1cc(OC(C)(C)C(=O)O)ccc1CN(CC(=O)Nc1ccc(Cl)cc1Cl)C1CCCCC1. The summed E-state index contributed by atoms with van der Waals surface area (Å²) in [6, 6.07) is 10.5. The molecule has 190 valence electrons. The Morgan fingerprint density at radius 3 is 2.46 bits per heavy atom. The summed E-state index contributed by atoms with van der Waals surface area (Å²) < 4.78 is 11.2. The molecule has 0 saturated heterocycles. The monoisotopic (exact) mass is 522 g/mol. The minimum atomic E-state index is -1.37. The van der Waals surface area contributed by atoms with Crippen molar-refractivity contribution in [1.29, 1.82) is 0 Å². The molecule has 35 heavy (non-hydrogen) atoms. The molecule has 1 saturated carbocycles. The molecule has 0 aliphatic heterocycles. The van der Waals surface area contributed by atoms with Crippen LogP contribution in [0.1, 0.15) is 51.5 Å². The Kier molecular flexibility index (Phi) is 9.27. The average Bonchev–Trinajstić information content (AvgIpc) is 2.81. The molecule has 2 aromatic carbocycles. The number of carboxylic acids is 1. The lowest BCUT2D eigenvalue weighted by molar-refractivity contribution is -0.152. The van der Waals surface area contributed by atoms with Crippen molar-refractivity contribution < 1.29 is 24.2 Å². The van der Waals surface area contributed by atoms with E-state index in [9.17, 15) is 14.7 Å². The van der Waals surface area contributed by atoms with Crippen molar-refractivity contribution in [3.63, 3.8) is 0 Å². The van der Waals surface area contributed by atoms with E-state index in [0.717, 1.165) is 31.2 Å². The molecule has 2 aromatic rings. The zero-order valence-electron chi connectivity index (χ0n) is 20.3. The van der Waals surface area contributed by atoms with Gasteiger partial charge in [-0.3, -0.25) is 9.69 Å². The first-order valence-corrected chi connectivity index (χ1v) is 12.4. The molecular formula is C26H32Cl2N2O5. The molecule has 0 atom stereocenters. The van der Waals surface area contributed by atoms with E-state index < -0.39 is 11.6 Å². The van der Waals surface area contributed by atoms with Crippen LogP contribution in [0.4, 0.5) is 5.69 Å². The third-order valence-corrected chi connectivity index (χ3v) is 6.71. The van der Waals surface area contributed by atoms with Gasteiger partial charge >= 0.3 is 5.97 Å². The van der Waals surface area contributed by atoms with Crippen LogP contribution in [-0.4, -0.2) is 47.2 Å². The van der Waals surface area contributed by atoms with Gasteiger partial charge in [-0.1, -0.05) is 48.5 Å². The van der Waals surface area contributed by atoms with Crippen molar-refractivity contribution in [3.8, 4) is 11.5 Å². The number of nitrogens with zero attached hydrogens (tertiary/aromatic N) is 1. The van der Waals surface area contributed by atoms with Gasteiger partial charge < -0.3 is 19.9 Å². The van der Waals surface area contributed by atoms with Gasteiger partial charge in [-0.05, 0) is 51.0 Å². The van der Waals surface area contributed by atoms with Crippen LogP contribution < -0.4 is 14.8 Å². The fraction of sp³-hybridized carbons (Fsp3) is 0.462. The zero-order chi connectivity index (χ0) is 25.6. The van der Waals surface area contributed by atoms with Crippen molar-refractivity contribution >= 4 is 40.8 Å². The van der Waals surface area contributed by atoms with Crippen molar-refractivity contribution in [1.82, 2.24) is 4.90 Å². The minimum Gasteiger partial charge on any atom is -0.496 e. The Hall–Kier alpha value is -2.48. The van der Waals surface area contributed by atoms with Crippen LogP contribution in [0.2, 0.25) is 10.0 Å². The zero-order valence-corrected chi connectivity index (χ0v) is 21.8. The smallest absolute Gasteiger partial charge is 0.347 e. The fourth-order valence-corrected chi connectivity index (χ4v) is 4.66. The number of hydrogen-bond acceptors (Lipinski definition) is 5. The molecule has 9 heteroatoms. The Labute approximate surface area is 216 Å². The minimum absolute atomic E-state index is 0.165. The quantitative estimate of drug-likeness (QED) is 0.396. The highest BCUT2D eigenvalue weighted by molar-refractivity contribution is 6.36. The molecule has 0 radical (unpaired) electrons. The standard InChI is InChI=1S/C26H32Cl2N2O5/c1-26(2,25(32)33)35-20-11-9-17(23(14-20)34-3)15-30(19-7-5-4-6-8-19)16-24(31)29-22-12-10-18(27)13-21(22)28/h9-14,19H,4-8,15-16H2,1-3H3,(H,29,31)(H,32,33). The van der Waals surface area contributed by atoms with Gasteiger partial charge in [0.15, 0.2) is 5.60 Å². The Bertz CT molecular complexity index is 1050. The van der Waals surface area contributed by atoms with Crippen LogP contribution in [-0.2, 0) is 16.1 Å². The number of amides is 1. The molecule has 0 aromatic heterocycles. The topological polar surface area (TPSA) is 88.1 Å². The third kappa shape index (κ3) is 7.50. The van der Waals surface area contributed by atoms with Crippen molar-refractivity contribution in [2.45, 2.75) is 64.1 Å². The molecule has 0 bridgehead atoms. The lowest BCUT2D eigenvalue weighted by Crippen LogP contribution is -2.41. The van der Waals surface area contributed by atoms with Gasteiger partial charge in [-0.2, -0.15) is 0 Å². The number of carboxylic acid groups (broad SMARTS) is 1. The van der Waals surface area contributed by atoms with Gasteiger partial charge in [0.25, 0.3) is 0 Å². The molecule has 0 spiro atoms. The summed E-state index contributed by atoms with van der Waals surface area (Å²) >= 11 is 12.2. The summed E-state index contributed by atoms with van der Waals surface area (Å²) in [6.45, 7) is 3.67. The van der Waals surface area contributed by atoms with E-state index in [2.05, 4.69) is 10.2 Å². The van der Waals surface area contributed by atoms with Crippen LogP contribution in [0.25, 0.3) is 0 Å². The summed E-state index contributed by atoms with van der Waals surface area (Å²) in [7, 11) is 1.56. The summed E-state index contributed by atoms with van der Waals surface area (Å²) in [5, 5.41) is 13.1. The van der Waals surface area contributed by atoms with E-state index in [1.807, 2.05) is 6.07 Å². The third-order valence-electron chi connectivity index (χ3n) is 6.16. The van der Waals surface area contributed by atoms with E-state index >= 15 is 0 Å². The summed E-state index contributed by atoms with van der Waals surface area (Å²) in [5.74, 6) is -0.249. The van der Waals surface area contributed by atoms with E-state index in [0.29, 0.717) is 33.8 Å². The first kappa shape index (κ1) is 27.1. The number of halogens is 2. The highest BCUT2D eigenvalue weighted by Gasteiger charge is 2.30. The second-order valence-electron chi connectivity index (χ2n) is 9.26. The van der Waals surface area contributed by atoms with E-state index in [-0.39, 0.29) is 18.5 Å². The number of anilines is 1. The number of aliphatic carboxylic acids is 1. The van der Waals surface area contributed by atoms with Gasteiger partial charge in [-0.25, -0.2) is 4.79 Å². The predicted molar refractivity (Wildman–Crippen MR) is 138 cm³/mol. The van der Waals surface area contributed by atoms with Crippen molar-refractivity contribution in [2.75, 3.05) is 19.0 Å². The molecule has 1 amide bonds. The summed E-state index contributed by atoms with van der Waals surface area (Å²) in [5.41, 5.74) is 0.0301. The number of carbonyl (C=O) groups is 2. The van der Waals surface area contributed by atoms with Crippen LogP contribution in [0.5, 0.6) is 11.5 Å². The van der Waals surface area contributed by atoms with E-state index in [1.54, 1.807) is 37.4 Å². The van der Waals surface area contributed by atoms with Gasteiger partial charge in [0, 0.05) is 29.2 Å². The summed E-state index contributed by atoms with van der Waals surface area (Å²) in [4.78, 5) is 26.6. The van der Waals surface area contributed by atoms with Gasteiger partial charge in [0.05, 0.1) is 24.4 Å². The Morgan fingerprint density at radius 2 is 1.83 bits per heavy atom. The van der Waals surface area contributed by atoms with Crippen LogP contribution >= 0.6 is 23.2 Å². The summed E-state index contributed by atoms with van der Waals surface area (Å²) in [6.07, 6.45) is 5.49. The lowest BCUT2D eigenvalue weighted by atomic mass is 9.93. The molecule has 1 aliphatic rings. The normalized spacial score (nSPS) is 14.6. The molecular weight excluding hydrogens is 491 g/mol. The maximum Gasteiger partial charge on any atom is 0.347 e. The Balaban J connectivity index is 1.78. The largest absolute Gasteiger partial charge is 0.496 e. The molecule has 7 nitrogen and oxygen atoms in total. The fourth-order valence-electron chi connectivity index (χ4n) is 4.20. The number of ether oxygens (including phenoxy) is 2. The number of nitrogens with one attached hydrogen (secondary N) is 1. The molecule has 3 rings (SSSR count). The molecule has 0 unspecified atom stereocenters. The first-order chi connectivity index (χ1) is 16.6. The molecule has 1 aliphatic carbocycles. The van der Waals surface area contributed by atoms with Crippen molar-refractivity contribution in [3.05, 3.63) is 52.0 Å². The maximum absolute atomic E-state index is 13.0. The van der Waals surface area contributed by atoms with E-state index in [4.69, 9.17) is 32.7 Å². The maximum atomic E-state index is 13.0. The number of methoxy groups -OCH3 is 1. The number of rotatable bonds is 10. The van der Waals surface area contributed by atoms with Gasteiger partial charge in [-0.15, -0.1) is 0 Å². The molecule has 2 N–H and O–H groups in total. The number of benzene rings is 2. The van der Waals surface area contributed by atoms with Gasteiger partial charge in [0.1, 0.15) is 11.5 Å². The van der Waals surface area contributed by atoms with Gasteiger partial charge in [0.2, 0.25) is 5.91 Å². The highest BCUT2D eigenvalue weighted by atomic mass is 35.5. The Morgan fingerprint density at radius 1 is 1.11 bits per heavy atom. The molecule has 0 heterocycles. The van der Waals surface area contributed by atoms with Crippen LogP contribution in [0.15, 0.2) is 36.4 Å². The predicted octanol–water partition coefficient (Wildman–Crippen LogP) is 6.02. The second-order valence-corrected chi connectivity index (χ2v) is 10.1.